The first-order valence-corrected chi connectivity index (χ1v) is 8.55. The molecule has 1 amide bonds. The number of carbonyl (C=O) groups is 1. The van der Waals surface area contributed by atoms with Crippen molar-refractivity contribution >= 4 is 17.5 Å². The number of ether oxygens (including phenoxy) is 1. The van der Waals surface area contributed by atoms with E-state index in [1.54, 1.807) is 19.2 Å². The second kappa shape index (κ2) is 7.69. The monoisotopic (exact) mass is 345 g/mol. The zero-order valence-electron chi connectivity index (χ0n) is 13.8. The summed E-state index contributed by atoms with van der Waals surface area (Å²) in [4.78, 5) is 15.9. The molecule has 2 aromatic carbocycles. The van der Waals surface area contributed by atoms with Crippen LogP contribution in [0.2, 0.25) is 5.02 Å². The molecule has 1 N–H and O–H groups in total. The van der Waals surface area contributed by atoms with Crippen LogP contribution in [0.25, 0.3) is 0 Å². The van der Waals surface area contributed by atoms with Crippen molar-refractivity contribution in [3.8, 4) is 5.75 Å². The Kier molecular flexibility index (Phi) is 5.38. The molecule has 1 heterocycles. The molecule has 0 saturated carbocycles. The average molecular weight is 346 g/mol. The van der Waals surface area contributed by atoms with Gasteiger partial charge in [-0.3, -0.25) is 4.79 Å². The highest BCUT2D eigenvalue weighted by molar-refractivity contribution is 6.30. The molecule has 4 nitrogen and oxygen atoms in total. The molecular weight excluding hydrogens is 324 g/mol. The highest BCUT2D eigenvalue weighted by atomic mass is 35.5. The summed E-state index contributed by atoms with van der Waals surface area (Å²) in [5, 5.41) is 0.600. The normalized spacial score (nSPS) is 15.3. The quantitative estimate of drug-likeness (QED) is 0.918. The molecule has 5 heteroatoms. The molecule has 24 heavy (non-hydrogen) atoms. The van der Waals surface area contributed by atoms with Gasteiger partial charge in [-0.2, -0.15) is 0 Å². The lowest BCUT2D eigenvalue weighted by Gasteiger charge is -2.32. The number of nitrogens with one attached hydrogen (secondary N) is 1. The molecule has 0 atom stereocenters. The number of benzene rings is 2. The van der Waals surface area contributed by atoms with Crippen molar-refractivity contribution in [2.45, 2.75) is 6.54 Å². The van der Waals surface area contributed by atoms with Crippen molar-refractivity contribution < 1.29 is 14.4 Å². The van der Waals surface area contributed by atoms with Crippen LogP contribution in [0.15, 0.2) is 48.5 Å². The van der Waals surface area contributed by atoms with Crippen LogP contribution in [0.4, 0.5) is 0 Å². The predicted octanol–water partition coefficient (Wildman–Crippen LogP) is 1.89. The van der Waals surface area contributed by atoms with Crippen LogP contribution in [0.1, 0.15) is 15.9 Å². The summed E-state index contributed by atoms with van der Waals surface area (Å²) in [6.45, 7) is 4.39. The van der Waals surface area contributed by atoms with Gasteiger partial charge in [0, 0.05) is 16.1 Å². The van der Waals surface area contributed by atoms with Crippen LogP contribution >= 0.6 is 11.6 Å². The summed E-state index contributed by atoms with van der Waals surface area (Å²) >= 11 is 5.98. The van der Waals surface area contributed by atoms with Gasteiger partial charge in [0.1, 0.15) is 12.3 Å². The lowest BCUT2D eigenvalue weighted by molar-refractivity contribution is -0.917. The lowest BCUT2D eigenvalue weighted by Crippen LogP contribution is -3.13. The Morgan fingerprint density at radius 2 is 1.92 bits per heavy atom. The summed E-state index contributed by atoms with van der Waals surface area (Å²) in [6.07, 6.45) is 0. The number of methoxy groups -OCH3 is 1. The van der Waals surface area contributed by atoms with E-state index >= 15 is 0 Å². The molecule has 0 bridgehead atoms. The molecule has 1 aliphatic heterocycles. The number of halogens is 1. The number of hydrogen-bond donors (Lipinski definition) is 1. The van der Waals surface area contributed by atoms with Crippen molar-refractivity contribution in [3.63, 3.8) is 0 Å². The third-order valence-electron chi connectivity index (χ3n) is 4.42. The van der Waals surface area contributed by atoms with Gasteiger partial charge < -0.3 is 14.5 Å². The summed E-state index contributed by atoms with van der Waals surface area (Å²) in [7, 11) is 1.69. The first kappa shape index (κ1) is 16.8. The Bertz CT molecular complexity index is 712. The smallest absolute Gasteiger partial charge is 0.254 e. The van der Waals surface area contributed by atoms with Crippen LogP contribution in [0.3, 0.4) is 0 Å². The molecule has 0 unspecified atom stereocenters. The Morgan fingerprint density at radius 1 is 1.17 bits per heavy atom. The molecule has 126 valence electrons. The number of rotatable bonds is 4. The largest absolute Gasteiger partial charge is 0.497 e. The van der Waals surface area contributed by atoms with E-state index in [-0.39, 0.29) is 5.91 Å². The minimum Gasteiger partial charge on any atom is -0.497 e. The number of quaternary nitrogens is 1. The maximum atomic E-state index is 12.5. The van der Waals surface area contributed by atoms with Gasteiger partial charge in [-0.15, -0.1) is 0 Å². The van der Waals surface area contributed by atoms with Gasteiger partial charge in [0.05, 0.1) is 33.3 Å². The molecule has 0 aromatic heterocycles. The van der Waals surface area contributed by atoms with Gasteiger partial charge in [0.2, 0.25) is 0 Å². The van der Waals surface area contributed by atoms with Crippen LogP contribution in [0, 0.1) is 0 Å². The van der Waals surface area contributed by atoms with Crippen molar-refractivity contribution in [1.29, 1.82) is 0 Å². The molecule has 2 aromatic rings. The van der Waals surface area contributed by atoms with Gasteiger partial charge in [0.25, 0.3) is 5.91 Å². The van der Waals surface area contributed by atoms with E-state index in [1.165, 1.54) is 10.5 Å². The van der Waals surface area contributed by atoms with Gasteiger partial charge in [-0.25, -0.2) is 0 Å². The maximum Gasteiger partial charge on any atom is 0.254 e. The van der Waals surface area contributed by atoms with E-state index in [4.69, 9.17) is 16.3 Å². The topological polar surface area (TPSA) is 34.0 Å². The van der Waals surface area contributed by atoms with Crippen LogP contribution in [0.5, 0.6) is 5.75 Å². The Hall–Kier alpha value is -2.04. The zero-order valence-corrected chi connectivity index (χ0v) is 14.6. The zero-order chi connectivity index (χ0) is 16.9. The molecule has 1 fully saturated rings. The van der Waals surface area contributed by atoms with Crippen molar-refractivity contribution in [2.75, 3.05) is 33.3 Å². The standard InChI is InChI=1S/C19H21ClN2O2/c1-24-18-7-2-4-15(12-18)14-21-8-10-22(11-9-21)19(23)16-5-3-6-17(20)13-16/h2-7,12-13H,8-11,14H2,1H3/p+1. The van der Waals surface area contributed by atoms with Crippen molar-refractivity contribution in [1.82, 2.24) is 4.90 Å². The first-order valence-electron chi connectivity index (χ1n) is 8.17. The van der Waals surface area contributed by atoms with Crippen LogP contribution < -0.4 is 9.64 Å². The van der Waals surface area contributed by atoms with Gasteiger partial charge in [0.15, 0.2) is 0 Å². The fourth-order valence-corrected chi connectivity index (χ4v) is 3.27. The molecular formula is C19H22ClN2O2+. The van der Waals surface area contributed by atoms with Gasteiger partial charge >= 0.3 is 0 Å². The fraction of sp³-hybridized carbons (Fsp3) is 0.316. The molecule has 0 spiro atoms. The summed E-state index contributed by atoms with van der Waals surface area (Å²) in [5.74, 6) is 0.958. The molecule has 1 aliphatic rings. The van der Waals surface area contributed by atoms with E-state index in [1.807, 2.05) is 29.2 Å². The highest BCUT2D eigenvalue weighted by Crippen LogP contribution is 2.13. The summed E-state index contributed by atoms with van der Waals surface area (Å²) in [6, 6.07) is 15.3. The van der Waals surface area contributed by atoms with E-state index in [2.05, 4.69) is 12.1 Å². The van der Waals surface area contributed by atoms with Crippen molar-refractivity contribution in [3.05, 3.63) is 64.7 Å². The minimum absolute atomic E-state index is 0.0675. The maximum absolute atomic E-state index is 12.5. The number of carbonyl (C=O) groups excluding carboxylic acids is 1. The average Bonchev–Trinajstić information content (AvgIpc) is 2.62. The van der Waals surface area contributed by atoms with Crippen LogP contribution in [-0.2, 0) is 6.54 Å². The van der Waals surface area contributed by atoms with Crippen LogP contribution in [-0.4, -0.2) is 44.1 Å². The molecule has 0 radical (unpaired) electrons. The molecule has 0 aliphatic carbocycles. The third-order valence-corrected chi connectivity index (χ3v) is 4.65. The first-order chi connectivity index (χ1) is 11.7. The lowest BCUT2D eigenvalue weighted by atomic mass is 10.1. The Labute approximate surface area is 147 Å². The predicted molar refractivity (Wildman–Crippen MR) is 94.8 cm³/mol. The number of amides is 1. The van der Waals surface area contributed by atoms with E-state index in [0.717, 1.165) is 38.5 Å². The highest BCUT2D eigenvalue weighted by Gasteiger charge is 2.24. The second-order valence-electron chi connectivity index (χ2n) is 6.08. The fourth-order valence-electron chi connectivity index (χ4n) is 3.08. The van der Waals surface area contributed by atoms with Gasteiger partial charge in [-0.1, -0.05) is 29.8 Å². The summed E-state index contributed by atoms with van der Waals surface area (Å²) < 4.78 is 5.28. The number of nitrogens with zero attached hydrogens (tertiary/aromatic N) is 1. The van der Waals surface area contributed by atoms with Gasteiger partial charge in [-0.05, 0) is 30.3 Å². The van der Waals surface area contributed by atoms with E-state index in [9.17, 15) is 4.79 Å². The number of piperazine rings is 1. The molecule has 3 rings (SSSR count). The number of hydrogen-bond acceptors (Lipinski definition) is 2. The SMILES string of the molecule is COc1cccc(C[NH+]2CCN(C(=O)c3cccc(Cl)c3)CC2)c1. The van der Waals surface area contributed by atoms with E-state index < -0.39 is 0 Å². The third kappa shape index (κ3) is 4.08. The Balaban J connectivity index is 1.56. The van der Waals surface area contributed by atoms with E-state index in [0.29, 0.717) is 10.6 Å². The second-order valence-corrected chi connectivity index (χ2v) is 6.52. The Morgan fingerprint density at radius 3 is 2.62 bits per heavy atom. The van der Waals surface area contributed by atoms with Crippen molar-refractivity contribution in [2.24, 2.45) is 0 Å². The minimum atomic E-state index is 0.0675. The molecule has 1 saturated heterocycles. The summed E-state index contributed by atoms with van der Waals surface area (Å²) in [5.41, 5.74) is 1.93.